The Labute approximate surface area is 136 Å². The summed E-state index contributed by atoms with van der Waals surface area (Å²) in [6.45, 7) is 9.90. The lowest BCUT2D eigenvalue weighted by Crippen LogP contribution is -3.14. The molecule has 6 nitrogen and oxygen atoms in total. The van der Waals surface area contributed by atoms with Gasteiger partial charge in [-0.15, -0.1) is 0 Å². The molecule has 1 fully saturated rings. The van der Waals surface area contributed by atoms with E-state index in [9.17, 15) is 4.79 Å². The van der Waals surface area contributed by atoms with Crippen molar-refractivity contribution in [2.45, 2.75) is 20.4 Å². The molecule has 122 valence electrons. The summed E-state index contributed by atoms with van der Waals surface area (Å²) in [7, 11) is 0. The first-order valence-corrected chi connectivity index (χ1v) is 8.09. The third-order valence-corrected chi connectivity index (χ3v) is 4.17. The lowest BCUT2D eigenvalue weighted by atomic mass is 10.1. The average Bonchev–Trinajstić information content (AvgIpc) is 2.47. The van der Waals surface area contributed by atoms with E-state index in [1.54, 1.807) is 0 Å². The summed E-state index contributed by atoms with van der Waals surface area (Å²) in [6, 6.07) is 1.97. The van der Waals surface area contributed by atoms with Gasteiger partial charge in [-0.1, -0.05) is 0 Å². The van der Waals surface area contributed by atoms with Crippen LogP contribution in [0.25, 0.3) is 0 Å². The number of thiocarbonyl (C=S) groups is 1. The molecule has 0 amide bonds. The van der Waals surface area contributed by atoms with Crippen LogP contribution in [0.2, 0.25) is 0 Å². The summed E-state index contributed by atoms with van der Waals surface area (Å²) >= 11 is 5.26. The van der Waals surface area contributed by atoms with Crippen LogP contribution in [0.15, 0.2) is 10.9 Å². The predicted octanol–water partition coefficient (Wildman–Crippen LogP) is -1.13. The topological polar surface area (TPSA) is 70.6 Å². The Balaban J connectivity index is 1.72. The predicted molar refractivity (Wildman–Crippen MR) is 90.4 cm³/mol. The highest BCUT2D eigenvalue weighted by molar-refractivity contribution is 7.80. The number of quaternary nitrogens is 1. The molecule has 2 heterocycles. The van der Waals surface area contributed by atoms with Crippen molar-refractivity contribution in [2.24, 2.45) is 0 Å². The summed E-state index contributed by atoms with van der Waals surface area (Å²) in [4.78, 5) is 16.3. The number of pyridine rings is 1. The average molecular weight is 325 g/mol. The Morgan fingerprint density at radius 3 is 2.77 bits per heavy atom. The highest BCUT2D eigenvalue weighted by Crippen LogP contribution is 2.02. The molecular formula is C15H25N4O2S+. The monoisotopic (exact) mass is 325 g/mol. The number of aromatic amines is 1. The summed E-state index contributed by atoms with van der Waals surface area (Å²) in [5.41, 5.74) is 2.54. The molecule has 7 heteroatoms. The van der Waals surface area contributed by atoms with Gasteiger partial charge in [0.2, 0.25) is 0 Å². The number of hydrogen-bond donors (Lipinski definition) is 4. The number of nitrogens with one attached hydrogen (secondary N) is 4. The SMILES string of the molecule is Cc1cc(C)c(CNC(=S)NCC[NH+]2CCOCC2)c(=O)[nH]1. The zero-order chi connectivity index (χ0) is 15.9. The molecule has 0 atom stereocenters. The normalized spacial score (nSPS) is 15.5. The van der Waals surface area contributed by atoms with Crippen molar-refractivity contribution in [3.8, 4) is 0 Å². The van der Waals surface area contributed by atoms with E-state index in [4.69, 9.17) is 17.0 Å². The molecule has 0 saturated carbocycles. The number of morpholine rings is 1. The van der Waals surface area contributed by atoms with Crippen LogP contribution in [-0.2, 0) is 11.3 Å². The van der Waals surface area contributed by atoms with Crippen molar-refractivity contribution in [1.82, 2.24) is 15.6 Å². The van der Waals surface area contributed by atoms with E-state index in [2.05, 4.69) is 15.6 Å². The molecule has 4 N–H and O–H groups in total. The van der Waals surface area contributed by atoms with Crippen LogP contribution in [0, 0.1) is 13.8 Å². The largest absolute Gasteiger partial charge is 0.370 e. The maximum absolute atomic E-state index is 11.9. The molecule has 1 aliphatic heterocycles. The number of H-pyrrole nitrogens is 1. The second-order valence-electron chi connectivity index (χ2n) is 5.66. The Morgan fingerprint density at radius 2 is 2.09 bits per heavy atom. The zero-order valence-electron chi connectivity index (χ0n) is 13.3. The third kappa shape index (κ3) is 5.08. The van der Waals surface area contributed by atoms with Crippen molar-refractivity contribution in [2.75, 3.05) is 39.4 Å². The van der Waals surface area contributed by atoms with Crippen molar-refractivity contribution in [3.63, 3.8) is 0 Å². The van der Waals surface area contributed by atoms with Gasteiger partial charge in [0.05, 0.1) is 26.3 Å². The molecule has 0 spiro atoms. The van der Waals surface area contributed by atoms with E-state index in [1.165, 1.54) is 4.90 Å². The van der Waals surface area contributed by atoms with Crippen LogP contribution in [0.3, 0.4) is 0 Å². The highest BCUT2D eigenvalue weighted by atomic mass is 32.1. The maximum atomic E-state index is 11.9. The second-order valence-corrected chi connectivity index (χ2v) is 6.07. The van der Waals surface area contributed by atoms with Crippen molar-refractivity contribution in [1.29, 1.82) is 0 Å². The van der Waals surface area contributed by atoms with Crippen molar-refractivity contribution in [3.05, 3.63) is 33.2 Å². The van der Waals surface area contributed by atoms with Crippen LogP contribution in [0.1, 0.15) is 16.8 Å². The van der Waals surface area contributed by atoms with Crippen LogP contribution in [0.5, 0.6) is 0 Å². The fraction of sp³-hybridized carbons (Fsp3) is 0.600. The minimum Gasteiger partial charge on any atom is -0.370 e. The van der Waals surface area contributed by atoms with Gasteiger partial charge in [0.25, 0.3) is 5.56 Å². The number of aryl methyl sites for hydroxylation is 2. The second kappa shape index (κ2) is 8.26. The Kier molecular flexibility index (Phi) is 6.35. The van der Waals surface area contributed by atoms with E-state index < -0.39 is 0 Å². The molecule has 2 rings (SSSR count). The Morgan fingerprint density at radius 1 is 1.36 bits per heavy atom. The number of rotatable bonds is 5. The molecule has 1 saturated heterocycles. The quantitative estimate of drug-likeness (QED) is 0.516. The zero-order valence-corrected chi connectivity index (χ0v) is 14.1. The van der Waals surface area contributed by atoms with Crippen LogP contribution >= 0.6 is 12.2 Å². The minimum absolute atomic E-state index is 0.0504. The highest BCUT2D eigenvalue weighted by Gasteiger charge is 2.13. The van der Waals surface area contributed by atoms with E-state index in [1.807, 2.05) is 19.9 Å². The number of aromatic nitrogens is 1. The van der Waals surface area contributed by atoms with Gasteiger partial charge in [-0.3, -0.25) is 4.79 Å². The van der Waals surface area contributed by atoms with E-state index in [0.29, 0.717) is 11.7 Å². The van der Waals surface area contributed by atoms with Gasteiger partial charge in [-0.2, -0.15) is 0 Å². The smallest absolute Gasteiger partial charge is 0.253 e. The molecule has 22 heavy (non-hydrogen) atoms. The lowest BCUT2D eigenvalue weighted by molar-refractivity contribution is -0.906. The molecule has 1 aromatic rings. The molecule has 0 radical (unpaired) electrons. The fourth-order valence-electron chi connectivity index (χ4n) is 2.60. The number of hydrogen-bond acceptors (Lipinski definition) is 3. The first-order chi connectivity index (χ1) is 10.6. The summed E-state index contributed by atoms with van der Waals surface area (Å²) in [5.74, 6) is 0. The summed E-state index contributed by atoms with van der Waals surface area (Å²) in [5, 5.41) is 6.89. The summed E-state index contributed by atoms with van der Waals surface area (Å²) in [6.07, 6.45) is 0. The molecule has 0 aromatic carbocycles. The third-order valence-electron chi connectivity index (χ3n) is 3.88. The molecule has 1 aliphatic rings. The minimum atomic E-state index is -0.0504. The summed E-state index contributed by atoms with van der Waals surface area (Å²) < 4.78 is 5.33. The molecule has 0 bridgehead atoms. The molecule has 1 aromatic heterocycles. The van der Waals surface area contributed by atoms with Gasteiger partial charge in [0.1, 0.15) is 13.1 Å². The lowest BCUT2D eigenvalue weighted by Gasteiger charge is -2.24. The van der Waals surface area contributed by atoms with Gasteiger partial charge >= 0.3 is 0 Å². The van der Waals surface area contributed by atoms with E-state index in [-0.39, 0.29) is 5.56 Å². The Hall–Kier alpha value is -1.44. The van der Waals surface area contributed by atoms with Crippen molar-refractivity contribution >= 4 is 17.3 Å². The van der Waals surface area contributed by atoms with Crippen LogP contribution in [-0.4, -0.2) is 49.5 Å². The van der Waals surface area contributed by atoms with Gasteiger partial charge in [-0.05, 0) is 37.7 Å². The van der Waals surface area contributed by atoms with Crippen LogP contribution < -0.4 is 21.1 Å². The first-order valence-electron chi connectivity index (χ1n) is 7.68. The Bertz CT molecular complexity index is 567. The van der Waals surface area contributed by atoms with Crippen LogP contribution in [0.4, 0.5) is 0 Å². The molecule has 0 unspecified atom stereocenters. The molecular weight excluding hydrogens is 300 g/mol. The van der Waals surface area contributed by atoms with E-state index >= 15 is 0 Å². The van der Waals surface area contributed by atoms with Gasteiger partial charge in [0, 0.05) is 17.8 Å². The fourth-order valence-corrected chi connectivity index (χ4v) is 2.77. The van der Waals surface area contributed by atoms with Gasteiger partial charge < -0.3 is 25.3 Å². The standard InChI is InChI=1S/C15H24N4O2S/c1-11-9-12(2)18-14(20)13(11)10-17-15(22)16-3-4-19-5-7-21-8-6-19/h9H,3-8,10H2,1-2H3,(H,18,20)(H2,16,17,22)/p+1. The first kappa shape index (κ1) is 16.9. The maximum Gasteiger partial charge on any atom is 0.253 e. The molecule has 0 aliphatic carbocycles. The van der Waals surface area contributed by atoms with Gasteiger partial charge in [-0.25, -0.2) is 0 Å². The van der Waals surface area contributed by atoms with Gasteiger partial charge in [0.15, 0.2) is 5.11 Å². The van der Waals surface area contributed by atoms with Crippen molar-refractivity contribution < 1.29 is 9.64 Å². The van der Waals surface area contributed by atoms with E-state index in [0.717, 1.165) is 56.2 Å². The number of ether oxygens (including phenoxy) is 1.